The Morgan fingerprint density at radius 2 is 2.33 bits per heavy atom. The highest BCUT2D eigenvalue weighted by atomic mass is 16.4. The van der Waals surface area contributed by atoms with Gasteiger partial charge in [0.2, 0.25) is 0 Å². The van der Waals surface area contributed by atoms with Crippen molar-refractivity contribution in [3.63, 3.8) is 0 Å². The van der Waals surface area contributed by atoms with Crippen LogP contribution in [0.5, 0.6) is 0 Å². The molecule has 0 spiro atoms. The van der Waals surface area contributed by atoms with Gasteiger partial charge in [0.15, 0.2) is 0 Å². The lowest BCUT2D eigenvalue weighted by atomic mass is 10.1. The summed E-state index contributed by atoms with van der Waals surface area (Å²) in [6, 6.07) is 0. The zero-order chi connectivity index (χ0) is 6.85. The lowest BCUT2D eigenvalue weighted by Gasteiger charge is -2.01. The number of carboxylic acid groups (broad SMARTS) is 1. The Balaban J connectivity index is 2.47. The molecule has 1 rings (SSSR count). The van der Waals surface area contributed by atoms with Gasteiger partial charge in [-0.25, -0.2) is 0 Å². The van der Waals surface area contributed by atoms with Gasteiger partial charge in [0.05, 0.1) is 5.92 Å². The number of carbonyl (C=O) groups is 1. The van der Waals surface area contributed by atoms with E-state index < -0.39 is 5.97 Å². The van der Waals surface area contributed by atoms with Crippen LogP contribution in [0.4, 0.5) is 0 Å². The molecule has 1 N–H and O–H groups in total. The number of hydrogen-bond donors (Lipinski definition) is 1. The Bertz CT molecular complexity index is 136. The first-order chi connectivity index (χ1) is 4.25. The molecular formula is C7H10O2. The molecule has 2 nitrogen and oxygen atoms in total. The zero-order valence-corrected chi connectivity index (χ0v) is 5.21. The van der Waals surface area contributed by atoms with Gasteiger partial charge in [-0.3, -0.25) is 4.79 Å². The van der Waals surface area contributed by atoms with Gasteiger partial charge in [-0.15, -0.1) is 6.58 Å². The van der Waals surface area contributed by atoms with Crippen molar-refractivity contribution >= 4 is 5.97 Å². The first-order valence-electron chi connectivity index (χ1n) is 3.11. The van der Waals surface area contributed by atoms with E-state index in [9.17, 15) is 4.79 Å². The van der Waals surface area contributed by atoms with Gasteiger partial charge in [0, 0.05) is 0 Å². The summed E-state index contributed by atoms with van der Waals surface area (Å²) in [5.41, 5.74) is 0. The van der Waals surface area contributed by atoms with Crippen molar-refractivity contribution in [3.05, 3.63) is 12.7 Å². The van der Waals surface area contributed by atoms with Gasteiger partial charge < -0.3 is 5.11 Å². The minimum absolute atomic E-state index is 0.287. The molecule has 1 aliphatic carbocycles. The van der Waals surface area contributed by atoms with Crippen molar-refractivity contribution in [2.45, 2.75) is 12.8 Å². The summed E-state index contributed by atoms with van der Waals surface area (Å²) in [5, 5.41) is 8.51. The van der Waals surface area contributed by atoms with E-state index in [0.29, 0.717) is 5.92 Å². The van der Waals surface area contributed by atoms with Crippen LogP contribution in [0.15, 0.2) is 12.7 Å². The first-order valence-corrected chi connectivity index (χ1v) is 3.11. The maximum Gasteiger partial charge on any atom is 0.310 e. The molecule has 1 aliphatic rings. The fourth-order valence-electron chi connectivity index (χ4n) is 0.950. The van der Waals surface area contributed by atoms with Crippen molar-refractivity contribution in [1.82, 2.24) is 0 Å². The topological polar surface area (TPSA) is 37.3 Å². The molecular weight excluding hydrogens is 116 g/mol. The lowest BCUT2D eigenvalue weighted by molar-refractivity contribution is -0.140. The second-order valence-corrected chi connectivity index (χ2v) is 2.44. The zero-order valence-electron chi connectivity index (χ0n) is 5.21. The second-order valence-electron chi connectivity index (χ2n) is 2.44. The lowest BCUT2D eigenvalue weighted by Crippen LogP contribution is -2.12. The third kappa shape index (κ3) is 1.31. The van der Waals surface area contributed by atoms with Crippen molar-refractivity contribution in [2.75, 3.05) is 0 Å². The molecule has 0 heterocycles. The summed E-state index contributed by atoms with van der Waals surface area (Å²) in [6.45, 7) is 3.46. The molecule has 2 heteroatoms. The smallest absolute Gasteiger partial charge is 0.310 e. The minimum atomic E-state index is -0.729. The molecule has 0 saturated heterocycles. The van der Waals surface area contributed by atoms with Gasteiger partial charge in [-0.05, 0) is 18.8 Å². The Hall–Kier alpha value is -0.790. The molecule has 0 amide bonds. The van der Waals surface area contributed by atoms with Crippen molar-refractivity contribution in [1.29, 1.82) is 0 Å². The first kappa shape index (κ1) is 6.33. The van der Waals surface area contributed by atoms with Crippen LogP contribution in [-0.2, 0) is 4.79 Å². The Morgan fingerprint density at radius 1 is 1.78 bits per heavy atom. The van der Waals surface area contributed by atoms with E-state index in [2.05, 4.69) is 6.58 Å². The van der Waals surface area contributed by atoms with Gasteiger partial charge in [-0.1, -0.05) is 6.08 Å². The maximum absolute atomic E-state index is 10.3. The van der Waals surface area contributed by atoms with Crippen LogP contribution >= 0.6 is 0 Å². The third-order valence-corrected chi connectivity index (χ3v) is 1.67. The van der Waals surface area contributed by atoms with Crippen LogP contribution in [0.2, 0.25) is 0 Å². The van der Waals surface area contributed by atoms with Crippen LogP contribution in [0.3, 0.4) is 0 Å². The highest BCUT2D eigenvalue weighted by Gasteiger charge is 2.33. The summed E-state index contributed by atoms with van der Waals surface area (Å²) in [4.78, 5) is 10.3. The third-order valence-electron chi connectivity index (χ3n) is 1.67. The summed E-state index contributed by atoms with van der Waals surface area (Å²) >= 11 is 0. The van der Waals surface area contributed by atoms with Crippen LogP contribution in [0, 0.1) is 11.8 Å². The van der Waals surface area contributed by atoms with Gasteiger partial charge in [0.25, 0.3) is 0 Å². The normalized spacial score (nSPS) is 20.9. The molecule has 0 bridgehead atoms. The number of carboxylic acids is 1. The van der Waals surface area contributed by atoms with Crippen molar-refractivity contribution in [3.8, 4) is 0 Å². The van der Waals surface area contributed by atoms with E-state index in [1.54, 1.807) is 0 Å². The van der Waals surface area contributed by atoms with Gasteiger partial charge in [0.1, 0.15) is 0 Å². The molecule has 1 unspecified atom stereocenters. The predicted octanol–water partition coefficient (Wildman–Crippen LogP) is 1.28. The molecule has 50 valence electrons. The highest BCUT2D eigenvalue weighted by Crippen LogP contribution is 2.37. The summed E-state index contributed by atoms with van der Waals surface area (Å²) in [7, 11) is 0. The molecule has 0 aromatic heterocycles. The van der Waals surface area contributed by atoms with Gasteiger partial charge in [-0.2, -0.15) is 0 Å². The molecule has 0 aromatic carbocycles. The maximum atomic E-state index is 10.3. The second kappa shape index (κ2) is 2.21. The molecule has 0 aliphatic heterocycles. The Morgan fingerprint density at radius 3 is 2.44 bits per heavy atom. The Kier molecular flexibility index (Phi) is 1.56. The molecule has 9 heavy (non-hydrogen) atoms. The number of rotatable bonds is 3. The van der Waals surface area contributed by atoms with Crippen LogP contribution in [-0.4, -0.2) is 11.1 Å². The van der Waals surface area contributed by atoms with E-state index in [1.807, 2.05) is 0 Å². The van der Waals surface area contributed by atoms with Crippen molar-refractivity contribution < 1.29 is 9.90 Å². The highest BCUT2D eigenvalue weighted by molar-refractivity contribution is 5.72. The molecule has 1 fully saturated rings. The van der Waals surface area contributed by atoms with E-state index in [1.165, 1.54) is 6.08 Å². The van der Waals surface area contributed by atoms with E-state index in [-0.39, 0.29) is 5.92 Å². The largest absolute Gasteiger partial charge is 0.481 e. The SMILES string of the molecule is C=CC(C(=O)O)C1CC1. The standard InChI is InChI=1S/C7H10O2/c1-2-6(7(8)9)5-3-4-5/h2,5-6H,1,3-4H2,(H,8,9). The quantitative estimate of drug-likeness (QED) is 0.578. The minimum Gasteiger partial charge on any atom is -0.481 e. The fourth-order valence-corrected chi connectivity index (χ4v) is 0.950. The van der Waals surface area contributed by atoms with E-state index in [4.69, 9.17) is 5.11 Å². The molecule has 1 saturated carbocycles. The average molecular weight is 126 g/mol. The average Bonchev–Trinajstić information content (AvgIpc) is 2.50. The fraction of sp³-hybridized carbons (Fsp3) is 0.571. The van der Waals surface area contributed by atoms with E-state index in [0.717, 1.165) is 12.8 Å². The van der Waals surface area contributed by atoms with Crippen LogP contribution in [0.1, 0.15) is 12.8 Å². The summed E-state index contributed by atoms with van der Waals surface area (Å²) in [6.07, 6.45) is 3.64. The molecule has 0 aromatic rings. The molecule has 0 radical (unpaired) electrons. The van der Waals surface area contributed by atoms with E-state index >= 15 is 0 Å². The van der Waals surface area contributed by atoms with Crippen LogP contribution in [0.25, 0.3) is 0 Å². The van der Waals surface area contributed by atoms with Gasteiger partial charge >= 0.3 is 5.97 Å². The number of aliphatic carboxylic acids is 1. The monoisotopic (exact) mass is 126 g/mol. The molecule has 1 atom stereocenters. The Labute approximate surface area is 54.2 Å². The summed E-state index contributed by atoms with van der Waals surface area (Å²) < 4.78 is 0. The number of hydrogen-bond acceptors (Lipinski definition) is 1. The predicted molar refractivity (Wildman–Crippen MR) is 34.0 cm³/mol. The summed E-state index contributed by atoms with van der Waals surface area (Å²) in [5.74, 6) is -0.627. The van der Waals surface area contributed by atoms with Crippen LogP contribution < -0.4 is 0 Å². The van der Waals surface area contributed by atoms with Crippen molar-refractivity contribution in [2.24, 2.45) is 11.8 Å².